The third-order valence-corrected chi connectivity index (χ3v) is 3.94. The number of hydrogen-bond acceptors (Lipinski definition) is 6. The summed E-state index contributed by atoms with van der Waals surface area (Å²) < 4.78 is 10.0. The molecule has 0 saturated carbocycles. The summed E-state index contributed by atoms with van der Waals surface area (Å²) >= 11 is 0. The molecule has 2 aromatic rings. The summed E-state index contributed by atoms with van der Waals surface area (Å²) in [5.41, 5.74) is 1.51. The van der Waals surface area contributed by atoms with Crippen molar-refractivity contribution < 1.29 is 19.2 Å². The van der Waals surface area contributed by atoms with Gasteiger partial charge in [0.2, 0.25) is 0 Å². The van der Waals surface area contributed by atoms with Crippen molar-refractivity contribution >= 4 is 17.3 Å². The number of amides is 1. The first-order valence-electron chi connectivity index (χ1n) is 8.47. The molecule has 0 spiro atoms. The molecule has 0 aliphatic carbocycles. The van der Waals surface area contributed by atoms with Crippen molar-refractivity contribution in [3.63, 3.8) is 0 Å². The molecule has 0 saturated heterocycles. The van der Waals surface area contributed by atoms with E-state index in [1.165, 1.54) is 12.1 Å². The van der Waals surface area contributed by atoms with Crippen molar-refractivity contribution in [3.8, 4) is 5.75 Å². The number of nitrogens with one attached hydrogen (secondary N) is 2. The van der Waals surface area contributed by atoms with E-state index >= 15 is 0 Å². The number of benzene rings is 2. The summed E-state index contributed by atoms with van der Waals surface area (Å²) in [7, 11) is 3.16. The Morgan fingerprint density at radius 3 is 2.48 bits per heavy atom. The lowest BCUT2D eigenvalue weighted by Gasteiger charge is -2.09. The molecule has 144 valence electrons. The van der Waals surface area contributed by atoms with E-state index in [0.29, 0.717) is 31.8 Å². The second-order valence-corrected chi connectivity index (χ2v) is 5.76. The summed E-state index contributed by atoms with van der Waals surface area (Å²) in [6.45, 7) is 1.28. The van der Waals surface area contributed by atoms with Gasteiger partial charge in [0.15, 0.2) is 0 Å². The second kappa shape index (κ2) is 10.1. The molecule has 2 rings (SSSR count). The normalized spacial score (nSPS) is 10.3. The van der Waals surface area contributed by atoms with E-state index in [-0.39, 0.29) is 17.2 Å². The molecule has 8 nitrogen and oxygen atoms in total. The topological polar surface area (TPSA) is 103 Å². The van der Waals surface area contributed by atoms with Gasteiger partial charge in [0.1, 0.15) is 11.4 Å². The summed E-state index contributed by atoms with van der Waals surface area (Å²) in [5, 5.41) is 17.0. The Balaban J connectivity index is 1.96. The van der Waals surface area contributed by atoms with Crippen LogP contribution in [0.3, 0.4) is 0 Å². The highest BCUT2D eigenvalue weighted by molar-refractivity contribution is 5.95. The molecule has 0 radical (unpaired) electrons. The first-order valence-corrected chi connectivity index (χ1v) is 8.47. The van der Waals surface area contributed by atoms with Crippen LogP contribution in [0.1, 0.15) is 15.9 Å². The second-order valence-electron chi connectivity index (χ2n) is 5.76. The number of methoxy groups -OCH3 is 2. The molecular weight excluding hydrogens is 350 g/mol. The van der Waals surface area contributed by atoms with Gasteiger partial charge in [0, 0.05) is 31.8 Å². The van der Waals surface area contributed by atoms with Crippen LogP contribution in [-0.4, -0.2) is 44.7 Å². The van der Waals surface area contributed by atoms with Gasteiger partial charge in [-0.3, -0.25) is 14.9 Å². The molecule has 2 N–H and O–H groups in total. The summed E-state index contributed by atoms with van der Waals surface area (Å²) in [4.78, 5) is 23.1. The zero-order valence-corrected chi connectivity index (χ0v) is 15.4. The van der Waals surface area contributed by atoms with Gasteiger partial charge in [-0.25, -0.2) is 0 Å². The van der Waals surface area contributed by atoms with Crippen LogP contribution in [0.15, 0.2) is 42.5 Å². The average Bonchev–Trinajstić information content (AvgIpc) is 2.68. The van der Waals surface area contributed by atoms with Gasteiger partial charge in [-0.15, -0.1) is 0 Å². The molecule has 0 bridgehead atoms. The largest absolute Gasteiger partial charge is 0.497 e. The highest BCUT2D eigenvalue weighted by Gasteiger charge is 2.17. The number of carbonyl (C=O) groups is 1. The molecule has 2 aromatic carbocycles. The van der Waals surface area contributed by atoms with Crippen LogP contribution in [0.2, 0.25) is 0 Å². The quantitative estimate of drug-likeness (QED) is 0.377. The molecule has 0 unspecified atom stereocenters. The third-order valence-electron chi connectivity index (χ3n) is 3.94. The zero-order valence-electron chi connectivity index (χ0n) is 15.4. The van der Waals surface area contributed by atoms with Crippen molar-refractivity contribution in [2.45, 2.75) is 6.42 Å². The van der Waals surface area contributed by atoms with Gasteiger partial charge >= 0.3 is 0 Å². The van der Waals surface area contributed by atoms with Gasteiger partial charge in [-0.1, -0.05) is 12.1 Å². The number of rotatable bonds is 10. The van der Waals surface area contributed by atoms with Gasteiger partial charge in [-0.2, -0.15) is 0 Å². The SMILES string of the molecule is COCCNc1ccc(C(=O)NCCc2ccc(OC)cc2)cc1[N+](=O)[O-]. The molecule has 0 heterocycles. The van der Waals surface area contributed by atoms with E-state index in [2.05, 4.69) is 10.6 Å². The lowest BCUT2D eigenvalue weighted by Crippen LogP contribution is -2.25. The fraction of sp³-hybridized carbons (Fsp3) is 0.316. The lowest BCUT2D eigenvalue weighted by atomic mass is 10.1. The number of ether oxygens (including phenoxy) is 2. The van der Waals surface area contributed by atoms with E-state index in [1.807, 2.05) is 24.3 Å². The monoisotopic (exact) mass is 373 g/mol. The summed E-state index contributed by atoms with van der Waals surface area (Å²) in [6.07, 6.45) is 0.647. The van der Waals surface area contributed by atoms with Crippen LogP contribution in [0.25, 0.3) is 0 Å². The minimum absolute atomic E-state index is 0.145. The maximum absolute atomic E-state index is 12.3. The molecule has 0 aromatic heterocycles. The molecule has 8 heteroatoms. The van der Waals surface area contributed by atoms with Crippen molar-refractivity contribution in [1.29, 1.82) is 0 Å². The predicted molar refractivity (Wildman–Crippen MR) is 102 cm³/mol. The molecule has 0 aliphatic heterocycles. The Morgan fingerprint density at radius 2 is 1.85 bits per heavy atom. The molecule has 0 fully saturated rings. The summed E-state index contributed by atoms with van der Waals surface area (Å²) in [6, 6.07) is 11.9. The zero-order chi connectivity index (χ0) is 19.6. The highest BCUT2D eigenvalue weighted by Crippen LogP contribution is 2.25. The summed E-state index contributed by atoms with van der Waals surface area (Å²) in [5.74, 6) is 0.421. The maximum Gasteiger partial charge on any atom is 0.293 e. The fourth-order valence-electron chi connectivity index (χ4n) is 2.48. The number of nitro benzene ring substituents is 1. The van der Waals surface area contributed by atoms with Crippen LogP contribution >= 0.6 is 0 Å². The predicted octanol–water partition coefficient (Wildman–Crippen LogP) is 2.63. The van der Waals surface area contributed by atoms with Crippen LogP contribution < -0.4 is 15.4 Å². The molecule has 0 atom stereocenters. The van der Waals surface area contributed by atoms with E-state index in [9.17, 15) is 14.9 Å². The Labute approximate surface area is 157 Å². The van der Waals surface area contributed by atoms with Crippen LogP contribution in [0.4, 0.5) is 11.4 Å². The lowest BCUT2D eigenvalue weighted by molar-refractivity contribution is -0.384. The van der Waals surface area contributed by atoms with Gasteiger partial charge in [0.25, 0.3) is 11.6 Å². The van der Waals surface area contributed by atoms with E-state index in [4.69, 9.17) is 9.47 Å². The Hall–Kier alpha value is -3.13. The number of nitrogens with zero attached hydrogens (tertiary/aromatic N) is 1. The minimum atomic E-state index is -0.511. The van der Waals surface area contributed by atoms with Crippen LogP contribution in [-0.2, 0) is 11.2 Å². The van der Waals surface area contributed by atoms with E-state index < -0.39 is 4.92 Å². The fourth-order valence-corrected chi connectivity index (χ4v) is 2.48. The first kappa shape index (κ1) is 20.2. The average molecular weight is 373 g/mol. The van der Waals surface area contributed by atoms with Crippen LogP contribution in [0.5, 0.6) is 5.75 Å². The van der Waals surface area contributed by atoms with Crippen molar-refractivity contribution in [2.75, 3.05) is 39.2 Å². The van der Waals surface area contributed by atoms with Crippen molar-refractivity contribution in [3.05, 3.63) is 63.7 Å². The van der Waals surface area contributed by atoms with Crippen molar-refractivity contribution in [2.24, 2.45) is 0 Å². The Kier molecular flexibility index (Phi) is 7.57. The smallest absolute Gasteiger partial charge is 0.293 e. The maximum atomic E-state index is 12.3. The third kappa shape index (κ3) is 5.96. The van der Waals surface area contributed by atoms with E-state index in [0.717, 1.165) is 11.3 Å². The number of nitro groups is 1. The highest BCUT2D eigenvalue weighted by atomic mass is 16.6. The first-order chi connectivity index (χ1) is 13.0. The number of carbonyl (C=O) groups excluding carboxylic acids is 1. The minimum Gasteiger partial charge on any atom is -0.497 e. The van der Waals surface area contributed by atoms with Crippen molar-refractivity contribution in [1.82, 2.24) is 5.32 Å². The Bertz CT molecular complexity index is 777. The molecular formula is C19H23N3O5. The van der Waals surface area contributed by atoms with Crippen LogP contribution in [0, 0.1) is 10.1 Å². The molecule has 1 amide bonds. The van der Waals surface area contributed by atoms with Gasteiger partial charge in [-0.05, 0) is 36.2 Å². The number of hydrogen-bond donors (Lipinski definition) is 2. The molecule has 0 aliphatic rings. The van der Waals surface area contributed by atoms with E-state index in [1.54, 1.807) is 20.3 Å². The number of anilines is 1. The molecule has 27 heavy (non-hydrogen) atoms. The van der Waals surface area contributed by atoms with Gasteiger partial charge < -0.3 is 20.1 Å². The Morgan fingerprint density at radius 1 is 1.11 bits per heavy atom. The standard InChI is InChI=1S/C19H23N3O5/c1-26-12-11-20-17-8-5-15(13-18(17)22(24)25)19(23)21-10-9-14-3-6-16(27-2)7-4-14/h3-8,13,20H,9-12H2,1-2H3,(H,21,23). The van der Waals surface area contributed by atoms with Gasteiger partial charge in [0.05, 0.1) is 18.6 Å².